The standard InChI is InChI=1S/C24H19Cl3N2O4/c1-2-21(33-22-12-9-16(25)13-20(22)27)23(30)29-28-14-15-7-10-17(11-8-15)32-24(31)18-5-3-4-6-19(18)26/h3-14,21H,2H2,1H3,(H,29,30)/b28-14+. The minimum Gasteiger partial charge on any atom is -0.479 e. The first kappa shape index (κ1) is 24.6. The van der Waals surface area contributed by atoms with E-state index in [1.807, 2.05) is 0 Å². The highest BCUT2D eigenvalue weighted by Gasteiger charge is 2.19. The number of nitrogens with zero attached hydrogens (tertiary/aromatic N) is 1. The Morgan fingerprint density at radius 1 is 1.00 bits per heavy atom. The summed E-state index contributed by atoms with van der Waals surface area (Å²) in [7, 11) is 0. The largest absolute Gasteiger partial charge is 0.479 e. The summed E-state index contributed by atoms with van der Waals surface area (Å²) in [5, 5.41) is 5.05. The Kier molecular flexibility index (Phi) is 8.72. The molecule has 1 unspecified atom stereocenters. The molecule has 0 aliphatic rings. The van der Waals surface area contributed by atoms with Crippen molar-refractivity contribution in [1.29, 1.82) is 0 Å². The van der Waals surface area contributed by atoms with E-state index in [2.05, 4.69) is 10.5 Å². The van der Waals surface area contributed by atoms with Crippen LogP contribution < -0.4 is 14.9 Å². The zero-order valence-electron chi connectivity index (χ0n) is 17.4. The summed E-state index contributed by atoms with van der Waals surface area (Å²) in [4.78, 5) is 24.6. The monoisotopic (exact) mass is 504 g/mol. The Hall–Kier alpha value is -3.06. The number of benzene rings is 3. The van der Waals surface area contributed by atoms with Crippen molar-refractivity contribution in [3.63, 3.8) is 0 Å². The van der Waals surface area contributed by atoms with Gasteiger partial charge in [-0.15, -0.1) is 0 Å². The lowest BCUT2D eigenvalue weighted by atomic mass is 10.2. The number of hydrogen-bond acceptors (Lipinski definition) is 5. The quantitative estimate of drug-likeness (QED) is 0.172. The van der Waals surface area contributed by atoms with Crippen LogP contribution in [-0.4, -0.2) is 24.2 Å². The molecule has 0 aliphatic carbocycles. The van der Waals surface area contributed by atoms with Gasteiger partial charge in [-0.25, -0.2) is 10.2 Å². The number of hydrazone groups is 1. The lowest BCUT2D eigenvalue weighted by molar-refractivity contribution is -0.128. The molecule has 0 saturated heterocycles. The maximum Gasteiger partial charge on any atom is 0.345 e. The molecule has 3 aromatic rings. The van der Waals surface area contributed by atoms with E-state index in [0.717, 1.165) is 0 Å². The molecule has 3 aromatic carbocycles. The Bertz CT molecular complexity index is 1170. The third-order valence-electron chi connectivity index (χ3n) is 4.40. The van der Waals surface area contributed by atoms with Crippen LogP contribution in [-0.2, 0) is 4.79 Å². The molecule has 33 heavy (non-hydrogen) atoms. The van der Waals surface area contributed by atoms with Gasteiger partial charge in [0, 0.05) is 5.02 Å². The number of nitrogens with one attached hydrogen (secondary N) is 1. The minimum absolute atomic E-state index is 0.278. The van der Waals surface area contributed by atoms with Crippen LogP contribution in [0.25, 0.3) is 0 Å². The molecule has 3 rings (SSSR count). The van der Waals surface area contributed by atoms with Gasteiger partial charge in [-0.05, 0) is 66.6 Å². The summed E-state index contributed by atoms with van der Waals surface area (Å²) in [5.74, 6) is -0.278. The van der Waals surface area contributed by atoms with Crippen molar-refractivity contribution in [1.82, 2.24) is 5.43 Å². The molecule has 0 aromatic heterocycles. The first-order valence-electron chi connectivity index (χ1n) is 9.88. The van der Waals surface area contributed by atoms with Gasteiger partial charge in [-0.1, -0.05) is 53.9 Å². The van der Waals surface area contributed by atoms with Crippen molar-refractivity contribution in [3.8, 4) is 11.5 Å². The molecular weight excluding hydrogens is 487 g/mol. The molecule has 1 N–H and O–H groups in total. The van der Waals surface area contributed by atoms with Crippen LogP contribution in [0.4, 0.5) is 0 Å². The fourth-order valence-electron chi connectivity index (χ4n) is 2.70. The molecule has 6 nitrogen and oxygen atoms in total. The van der Waals surface area contributed by atoms with Gasteiger partial charge < -0.3 is 9.47 Å². The summed E-state index contributed by atoms with van der Waals surface area (Å²) in [6.45, 7) is 1.81. The third kappa shape index (κ3) is 6.96. The van der Waals surface area contributed by atoms with Crippen LogP contribution >= 0.6 is 34.8 Å². The maximum atomic E-state index is 12.4. The van der Waals surface area contributed by atoms with Crippen molar-refractivity contribution in [2.24, 2.45) is 5.10 Å². The Balaban J connectivity index is 1.55. The van der Waals surface area contributed by atoms with E-state index in [1.165, 1.54) is 12.3 Å². The highest BCUT2D eigenvalue weighted by molar-refractivity contribution is 6.35. The van der Waals surface area contributed by atoms with Crippen molar-refractivity contribution >= 4 is 52.9 Å². The average Bonchev–Trinajstić information content (AvgIpc) is 2.80. The van der Waals surface area contributed by atoms with E-state index in [0.29, 0.717) is 38.6 Å². The van der Waals surface area contributed by atoms with Crippen LogP contribution in [0.5, 0.6) is 11.5 Å². The van der Waals surface area contributed by atoms with Gasteiger partial charge in [0.15, 0.2) is 6.10 Å². The van der Waals surface area contributed by atoms with Gasteiger partial charge in [-0.3, -0.25) is 4.79 Å². The second-order valence-electron chi connectivity index (χ2n) is 6.76. The lowest BCUT2D eigenvalue weighted by Crippen LogP contribution is -2.35. The summed E-state index contributed by atoms with van der Waals surface area (Å²) in [6.07, 6.45) is 1.08. The van der Waals surface area contributed by atoms with Gasteiger partial charge >= 0.3 is 5.97 Å². The zero-order chi connectivity index (χ0) is 23.8. The third-order valence-corrected chi connectivity index (χ3v) is 5.26. The predicted octanol–water partition coefficient (Wildman–Crippen LogP) is 6.17. The van der Waals surface area contributed by atoms with E-state index >= 15 is 0 Å². The van der Waals surface area contributed by atoms with Crippen LogP contribution in [0.15, 0.2) is 71.8 Å². The van der Waals surface area contributed by atoms with Crippen molar-refractivity contribution in [2.75, 3.05) is 0 Å². The molecule has 0 fully saturated rings. The number of carbonyl (C=O) groups excluding carboxylic acids is 2. The highest BCUT2D eigenvalue weighted by Crippen LogP contribution is 2.28. The molecule has 0 heterocycles. The van der Waals surface area contributed by atoms with Gasteiger partial charge in [-0.2, -0.15) is 5.10 Å². The molecule has 9 heteroatoms. The first-order valence-corrected chi connectivity index (χ1v) is 11.0. The van der Waals surface area contributed by atoms with Crippen LogP contribution in [0, 0.1) is 0 Å². The Morgan fingerprint density at radius 2 is 1.73 bits per heavy atom. The predicted molar refractivity (Wildman–Crippen MR) is 130 cm³/mol. The van der Waals surface area contributed by atoms with E-state index in [-0.39, 0.29) is 5.56 Å². The summed E-state index contributed by atoms with van der Waals surface area (Å²) in [5.41, 5.74) is 3.40. The second kappa shape index (κ2) is 11.7. The van der Waals surface area contributed by atoms with Gasteiger partial charge in [0.05, 0.1) is 21.8 Å². The molecule has 0 bridgehead atoms. The molecule has 0 radical (unpaired) electrons. The van der Waals surface area contributed by atoms with Gasteiger partial charge in [0.25, 0.3) is 5.91 Å². The number of amides is 1. The normalized spacial score (nSPS) is 11.8. The lowest BCUT2D eigenvalue weighted by Gasteiger charge is -2.16. The van der Waals surface area contributed by atoms with E-state index in [4.69, 9.17) is 44.3 Å². The Labute approximate surface area is 206 Å². The SMILES string of the molecule is CCC(Oc1ccc(Cl)cc1Cl)C(=O)N/N=C/c1ccc(OC(=O)c2ccccc2Cl)cc1. The van der Waals surface area contributed by atoms with E-state index in [1.54, 1.807) is 67.6 Å². The number of halogens is 3. The van der Waals surface area contributed by atoms with E-state index in [9.17, 15) is 9.59 Å². The summed E-state index contributed by atoms with van der Waals surface area (Å²) >= 11 is 18.0. The minimum atomic E-state index is -0.785. The topological polar surface area (TPSA) is 77.0 Å². The number of hydrogen-bond donors (Lipinski definition) is 1. The fraction of sp³-hybridized carbons (Fsp3) is 0.125. The second-order valence-corrected chi connectivity index (χ2v) is 8.01. The molecule has 0 spiro atoms. The van der Waals surface area contributed by atoms with Gasteiger partial charge in [0.2, 0.25) is 0 Å². The summed E-state index contributed by atoms with van der Waals surface area (Å²) in [6, 6.07) is 18.0. The number of ether oxygens (including phenoxy) is 2. The number of rotatable bonds is 8. The fourth-order valence-corrected chi connectivity index (χ4v) is 3.37. The van der Waals surface area contributed by atoms with Crippen molar-refractivity contribution < 1.29 is 19.1 Å². The molecule has 1 amide bonds. The van der Waals surface area contributed by atoms with Crippen LogP contribution in [0.1, 0.15) is 29.3 Å². The molecule has 0 saturated carbocycles. The maximum absolute atomic E-state index is 12.4. The highest BCUT2D eigenvalue weighted by atomic mass is 35.5. The average molecular weight is 506 g/mol. The molecule has 1 atom stereocenters. The Morgan fingerprint density at radius 3 is 2.39 bits per heavy atom. The van der Waals surface area contributed by atoms with Crippen LogP contribution in [0.3, 0.4) is 0 Å². The molecule has 170 valence electrons. The molecule has 0 aliphatic heterocycles. The van der Waals surface area contributed by atoms with Crippen LogP contribution in [0.2, 0.25) is 15.1 Å². The zero-order valence-corrected chi connectivity index (χ0v) is 19.7. The van der Waals surface area contributed by atoms with Gasteiger partial charge in [0.1, 0.15) is 11.5 Å². The number of carbonyl (C=O) groups is 2. The molecular formula is C24H19Cl3N2O4. The smallest absolute Gasteiger partial charge is 0.345 e. The first-order chi connectivity index (χ1) is 15.9. The summed E-state index contributed by atoms with van der Waals surface area (Å²) < 4.78 is 11.0. The van der Waals surface area contributed by atoms with E-state index < -0.39 is 18.0 Å². The number of esters is 1. The van der Waals surface area contributed by atoms with Crippen molar-refractivity contribution in [2.45, 2.75) is 19.4 Å². The van der Waals surface area contributed by atoms with Crippen molar-refractivity contribution in [3.05, 3.63) is 92.9 Å².